The van der Waals surface area contributed by atoms with Crippen LogP contribution >= 0.6 is 0 Å². The van der Waals surface area contributed by atoms with Crippen molar-refractivity contribution < 1.29 is 9.53 Å². The fourth-order valence-electron chi connectivity index (χ4n) is 3.69. The Hall–Kier alpha value is -3.61. The molecule has 1 amide bonds. The van der Waals surface area contributed by atoms with E-state index in [1.807, 2.05) is 12.3 Å². The highest BCUT2D eigenvalue weighted by atomic mass is 16.5. The van der Waals surface area contributed by atoms with E-state index >= 15 is 0 Å². The molecule has 9 nitrogen and oxygen atoms in total. The van der Waals surface area contributed by atoms with Crippen LogP contribution in [0.15, 0.2) is 30.6 Å². The molecule has 3 aromatic rings. The third kappa shape index (κ3) is 5.08. The second-order valence-corrected chi connectivity index (χ2v) is 8.22. The summed E-state index contributed by atoms with van der Waals surface area (Å²) in [4.78, 5) is 23.4. The fraction of sp³-hybridized carbons (Fsp3) is 0.375. The quantitative estimate of drug-likeness (QED) is 0.578. The van der Waals surface area contributed by atoms with Crippen molar-refractivity contribution in [1.82, 2.24) is 25.1 Å². The topological polar surface area (TPSA) is 105 Å². The maximum atomic E-state index is 12.1. The molecule has 2 aliphatic rings. The summed E-state index contributed by atoms with van der Waals surface area (Å²) in [6.07, 6.45) is 5.42. The van der Waals surface area contributed by atoms with Crippen molar-refractivity contribution in [2.24, 2.45) is 5.92 Å². The highest BCUT2D eigenvalue weighted by Crippen LogP contribution is 2.30. The summed E-state index contributed by atoms with van der Waals surface area (Å²) in [5.41, 5.74) is 3.12. The number of nitrogens with one attached hydrogen (secondary N) is 2. The maximum absolute atomic E-state index is 12.1. The molecule has 0 unspecified atom stereocenters. The second-order valence-electron chi connectivity index (χ2n) is 8.22. The lowest BCUT2D eigenvalue weighted by Gasteiger charge is -2.26. The van der Waals surface area contributed by atoms with Gasteiger partial charge in [-0.3, -0.25) is 9.69 Å². The second kappa shape index (κ2) is 9.48. The van der Waals surface area contributed by atoms with Gasteiger partial charge < -0.3 is 15.4 Å². The summed E-state index contributed by atoms with van der Waals surface area (Å²) in [7, 11) is 1.78. The number of carbonyl (C=O) groups is 1. The molecule has 0 spiro atoms. The summed E-state index contributed by atoms with van der Waals surface area (Å²) >= 11 is 0. The van der Waals surface area contributed by atoms with Crippen molar-refractivity contribution in [3.63, 3.8) is 0 Å². The zero-order valence-corrected chi connectivity index (χ0v) is 18.5. The number of carbonyl (C=O) groups excluding carboxylic acids is 1. The van der Waals surface area contributed by atoms with Crippen LogP contribution < -0.4 is 10.6 Å². The van der Waals surface area contributed by atoms with Gasteiger partial charge in [-0.1, -0.05) is 12.0 Å². The lowest BCUT2D eigenvalue weighted by molar-refractivity contribution is -0.117. The van der Waals surface area contributed by atoms with Crippen LogP contribution in [0, 0.1) is 17.8 Å². The molecule has 3 aromatic heterocycles. The number of nitrogens with zero attached hydrogens (tertiary/aromatic N) is 5. The lowest BCUT2D eigenvalue weighted by atomic mass is 10.1. The van der Waals surface area contributed by atoms with Crippen LogP contribution in [0.25, 0.3) is 10.9 Å². The molecule has 4 heterocycles. The molecule has 0 aromatic carbocycles. The highest BCUT2D eigenvalue weighted by Gasteiger charge is 2.30. The number of rotatable bonds is 5. The minimum Gasteiger partial charge on any atom is -0.379 e. The molecule has 1 saturated carbocycles. The molecule has 2 N–H and O–H groups in total. The normalized spacial score (nSPS) is 16.2. The molecule has 0 bridgehead atoms. The maximum Gasteiger partial charge on any atom is 0.228 e. The first-order valence-corrected chi connectivity index (χ1v) is 11.1. The summed E-state index contributed by atoms with van der Waals surface area (Å²) in [6, 6.07) is 5.79. The Morgan fingerprint density at radius 2 is 2.00 bits per heavy atom. The number of anilines is 2. The van der Waals surface area contributed by atoms with E-state index in [2.05, 4.69) is 53.6 Å². The van der Waals surface area contributed by atoms with Crippen LogP contribution in [0.3, 0.4) is 0 Å². The van der Waals surface area contributed by atoms with E-state index in [0.29, 0.717) is 28.4 Å². The zero-order valence-electron chi connectivity index (χ0n) is 18.5. The predicted molar refractivity (Wildman–Crippen MR) is 125 cm³/mol. The van der Waals surface area contributed by atoms with Gasteiger partial charge in [-0.15, -0.1) is 10.2 Å². The summed E-state index contributed by atoms with van der Waals surface area (Å²) in [5.74, 6) is 7.38. The molecular weight excluding hydrogens is 418 g/mol. The lowest BCUT2D eigenvalue weighted by Crippen LogP contribution is -2.35. The number of pyridine rings is 2. The van der Waals surface area contributed by atoms with Gasteiger partial charge in [0.25, 0.3) is 0 Å². The predicted octanol–water partition coefficient (Wildman–Crippen LogP) is 2.04. The van der Waals surface area contributed by atoms with Crippen LogP contribution in [0.4, 0.5) is 11.6 Å². The highest BCUT2D eigenvalue weighted by molar-refractivity contribution is 5.97. The Bertz CT molecular complexity index is 1220. The van der Waals surface area contributed by atoms with Crippen molar-refractivity contribution in [2.45, 2.75) is 19.4 Å². The first kappa shape index (κ1) is 21.2. The van der Waals surface area contributed by atoms with E-state index in [9.17, 15) is 4.79 Å². The van der Waals surface area contributed by atoms with E-state index in [0.717, 1.165) is 56.6 Å². The molecule has 1 aliphatic heterocycles. The smallest absolute Gasteiger partial charge is 0.228 e. The molecule has 168 valence electrons. The largest absolute Gasteiger partial charge is 0.379 e. The standard InChI is InChI=1S/C24H25N7O2/c1-25-23-22-20(12-21(29-30-22)28-24(32)17-3-4-17)18(14-27-23)5-7-19-6-2-16(13-26-19)15-31-8-10-33-11-9-31/h2,6,12-14,17H,3-4,8-11,15H2,1H3,(H,25,27)(H,28,29,32). The average molecular weight is 444 g/mol. The Morgan fingerprint density at radius 1 is 1.15 bits per heavy atom. The Morgan fingerprint density at radius 3 is 2.73 bits per heavy atom. The Labute approximate surface area is 192 Å². The van der Waals surface area contributed by atoms with E-state index in [4.69, 9.17) is 4.74 Å². The number of hydrogen-bond acceptors (Lipinski definition) is 8. The third-order valence-corrected chi connectivity index (χ3v) is 5.73. The molecule has 9 heteroatoms. The Balaban J connectivity index is 1.38. The molecular formula is C24H25N7O2. The van der Waals surface area contributed by atoms with E-state index in [-0.39, 0.29) is 11.8 Å². The third-order valence-electron chi connectivity index (χ3n) is 5.73. The SMILES string of the molecule is CNc1ncc(C#Cc2ccc(CN3CCOCC3)cn2)c2cc(NC(=O)C3CC3)nnc12. The molecule has 2 fully saturated rings. The number of amides is 1. The van der Waals surface area contributed by atoms with Crippen molar-refractivity contribution in [2.75, 3.05) is 44.0 Å². The number of morpholine rings is 1. The number of fused-ring (bicyclic) bond motifs is 1. The van der Waals surface area contributed by atoms with Crippen LogP contribution in [0.1, 0.15) is 29.7 Å². The zero-order chi connectivity index (χ0) is 22.6. The van der Waals surface area contributed by atoms with Gasteiger partial charge in [0.1, 0.15) is 11.2 Å². The van der Waals surface area contributed by atoms with Gasteiger partial charge in [-0.05, 0) is 36.5 Å². The molecule has 1 saturated heterocycles. The van der Waals surface area contributed by atoms with Gasteiger partial charge in [0.15, 0.2) is 11.6 Å². The van der Waals surface area contributed by atoms with E-state index in [1.54, 1.807) is 19.3 Å². The van der Waals surface area contributed by atoms with Gasteiger partial charge in [0.2, 0.25) is 5.91 Å². The van der Waals surface area contributed by atoms with Crippen LogP contribution in [0.5, 0.6) is 0 Å². The number of ether oxygens (including phenoxy) is 1. The van der Waals surface area contributed by atoms with Crippen molar-refractivity contribution in [1.29, 1.82) is 0 Å². The summed E-state index contributed by atoms with van der Waals surface area (Å²) in [5, 5.41) is 15.1. The van der Waals surface area contributed by atoms with Crippen LogP contribution in [-0.2, 0) is 16.1 Å². The van der Waals surface area contributed by atoms with Crippen LogP contribution in [-0.4, -0.2) is 64.3 Å². The van der Waals surface area contributed by atoms with Gasteiger partial charge >= 0.3 is 0 Å². The summed E-state index contributed by atoms with van der Waals surface area (Å²) in [6.45, 7) is 4.30. The van der Waals surface area contributed by atoms with Gasteiger partial charge in [-0.25, -0.2) is 9.97 Å². The molecule has 33 heavy (non-hydrogen) atoms. The average Bonchev–Trinajstić information content (AvgIpc) is 3.70. The minimum atomic E-state index is -0.0134. The summed E-state index contributed by atoms with van der Waals surface area (Å²) < 4.78 is 5.40. The fourth-order valence-corrected chi connectivity index (χ4v) is 3.69. The molecule has 5 rings (SSSR count). The van der Waals surface area contributed by atoms with E-state index < -0.39 is 0 Å². The first-order valence-electron chi connectivity index (χ1n) is 11.1. The van der Waals surface area contributed by atoms with Crippen molar-refractivity contribution in [3.05, 3.63) is 47.4 Å². The van der Waals surface area contributed by atoms with Gasteiger partial charge in [0.05, 0.1) is 18.8 Å². The van der Waals surface area contributed by atoms with Gasteiger partial charge in [-0.2, -0.15) is 0 Å². The van der Waals surface area contributed by atoms with Crippen molar-refractivity contribution >= 4 is 28.4 Å². The number of hydrogen-bond donors (Lipinski definition) is 2. The Kier molecular flexibility index (Phi) is 6.11. The monoisotopic (exact) mass is 443 g/mol. The molecule has 0 radical (unpaired) electrons. The van der Waals surface area contributed by atoms with E-state index in [1.165, 1.54) is 0 Å². The molecule has 0 atom stereocenters. The minimum absolute atomic E-state index is 0.0134. The number of aromatic nitrogens is 4. The van der Waals surface area contributed by atoms with Crippen LogP contribution in [0.2, 0.25) is 0 Å². The van der Waals surface area contributed by atoms with Gasteiger partial charge in [0, 0.05) is 50.4 Å². The van der Waals surface area contributed by atoms with Crippen molar-refractivity contribution in [3.8, 4) is 11.8 Å². The molecule has 1 aliphatic carbocycles. The first-order chi connectivity index (χ1) is 16.2.